The molecule has 0 saturated heterocycles. The van der Waals surface area contributed by atoms with E-state index in [0.29, 0.717) is 23.8 Å². The molecule has 6 nitrogen and oxygen atoms in total. The van der Waals surface area contributed by atoms with Gasteiger partial charge in [0.2, 0.25) is 0 Å². The van der Waals surface area contributed by atoms with Crippen molar-refractivity contribution in [2.75, 3.05) is 6.54 Å². The van der Waals surface area contributed by atoms with Crippen LogP contribution in [0.25, 0.3) is 11.5 Å². The van der Waals surface area contributed by atoms with Crippen molar-refractivity contribution in [2.24, 2.45) is 0 Å². The second-order valence-electron chi connectivity index (χ2n) is 5.70. The van der Waals surface area contributed by atoms with Gasteiger partial charge in [0.1, 0.15) is 0 Å². The van der Waals surface area contributed by atoms with Gasteiger partial charge in [-0.2, -0.15) is 4.98 Å². The van der Waals surface area contributed by atoms with Crippen LogP contribution in [0.3, 0.4) is 0 Å². The van der Waals surface area contributed by atoms with E-state index < -0.39 is 0 Å². The predicted octanol–water partition coefficient (Wildman–Crippen LogP) is 2.51. The summed E-state index contributed by atoms with van der Waals surface area (Å²) in [6.07, 6.45) is 0.733. The number of aliphatic hydroxyl groups is 1. The van der Waals surface area contributed by atoms with Crippen molar-refractivity contribution in [3.8, 4) is 11.5 Å². The van der Waals surface area contributed by atoms with Gasteiger partial charge in [-0.1, -0.05) is 29.4 Å². The Morgan fingerprint density at radius 2 is 1.76 bits per heavy atom. The van der Waals surface area contributed by atoms with Crippen molar-refractivity contribution in [3.05, 3.63) is 71.0 Å². The van der Waals surface area contributed by atoms with E-state index in [1.807, 2.05) is 24.3 Å². The summed E-state index contributed by atoms with van der Waals surface area (Å²) in [4.78, 5) is 16.3. The van der Waals surface area contributed by atoms with E-state index in [9.17, 15) is 4.79 Å². The Balaban J connectivity index is 1.54. The number of carbonyl (C=O) groups excluding carboxylic acids is 1. The number of hydrogen-bond donors (Lipinski definition) is 2. The van der Waals surface area contributed by atoms with Crippen LogP contribution in [0.2, 0.25) is 0 Å². The van der Waals surface area contributed by atoms with Crippen LogP contribution < -0.4 is 5.32 Å². The molecule has 2 N–H and O–H groups in total. The zero-order valence-electron chi connectivity index (χ0n) is 13.9. The first-order valence-electron chi connectivity index (χ1n) is 8.03. The molecule has 0 spiro atoms. The third kappa shape index (κ3) is 4.30. The molecule has 1 amide bonds. The summed E-state index contributed by atoms with van der Waals surface area (Å²) in [6, 6.07) is 14.7. The van der Waals surface area contributed by atoms with E-state index in [2.05, 4.69) is 15.5 Å². The number of aromatic nitrogens is 2. The molecule has 25 heavy (non-hydrogen) atoms. The molecule has 128 valence electrons. The summed E-state index contributed by atoms with van der Waals surface area (Å²) in [7, 11) is 0. The number of hydrogen-bond acceptors (Lipinski definition) is 5. The third-order valence-corrected chi connectivity index (χ3v) is 3.83. The SMILES string of the molecule is Cc1noc(-c2ccc(C(=O)NCCc3ccc(CO)cc3)cc2)n1. The minimum Gasteiger partial charge on any atom is -0.392 e. The lowest BCUT2D eigenvalue weighted by Crippen LogP contribution is -2.25. The third-order valence-electron chi connectivity index (χ3n) is 3.83. The van der Waals surface area contributed by atoms with Gasteiger partial charge in [-0.25, -0.2) is 0 Å². The largest absolute Gasteiger partial charge is 0.392 e. The molecular weight excluding hydrogens is 318 g/mol. The summed E-state index contributed by atoms with van der Waals surface area (Å²) in [5, 5.41) is 15.7. The second-order valence-corrected chi connectivity index (χ2v) is 5.70. The maximum atomic E-state index is 12.2. The second kappa shape index (κ2) is 7.72. The molecule has 0 fully saturated rings. The minimum atomic E-state index is -0.125. The lowest BCUT2D eigenvalue weighted by atomic mass is 10.1. The van der Waals surface area contributed by atoms with E-state index in [4.69, 9.17) is 9.63 Å². The molecule has 0 unspecified atom stereocenters. The van der Waals surface area contributed by atoms with Crippen molar-refractivity contribution in [3.63, 3.8) is 0 Å². The Bertz CT molecular complexity index is 839. The number of aliphatic hydroxyl groups excluding tert-OH is 1. The highest BCUT2D eigenvalue weighted by Crippen LogP contribution is 2.17. The van der Waals surface area contributed by atoms with Crippen LogP contribution in [0.5, 0.6) is 0 Å². The van der Waals surface area contributed by atoms with Gasteiger partial charge in [0, 0.05) is 17.7 Å². The molecule has 0 atom stereocenters. The number of amides is 1. The minimum absolute atomic E-state index is 0.0379. The molecule has 0 radical (unpaired) electrons. The molecule has 6 heteroatoms. The molecule has 0 bridgehead atoms. The number of rotatable bonds is 6. The summed E-state index contributed by atoms with van der Waals surface area (Å²) in [5.41, 5.74) is 3.35. The highest BCUT2D eigenvalue weighted by molar-refractivity contribution is 5.94. The van der Waals surface area contributed by atoms with E-state index in [1.54, 1.807) is 31.2 Å². The highest BCUT2D eigenvalue weighted by Gasteiger charge is 2.09. The first kappa shape index (κ1) is 16.9. The molecule has 1 aromatic heterocycles. The van der Waals surface area contributed by atoms with E-state index in [-0.39, 0.29) is 12.5 Å². The van der Waals surface area contributed by atoms with Gasteiger partial charge in [0.15, 0.2) is 5.82 Å². The maximum absolute atomic E-state index is 12.2. The Kier molecular flexibility index (Phi) is 5.20. The maximum Gasteiger partial charge on any atom is 0.257 e. The van der Waals surface area contributed by atoms with Crippen molar-refractivity contribution in [2.45, 2.75) is 20.0 Å². The number of nitrogens with zero attached hydrogens (tertiary/aromatic N) is 2. The van der Waals surface area contributed by atoms with Crippen LogP contribution in [-0.2, 0) is 13.0 Å². The summed E-state index contributed by atoms with van der Waals surface area (Å²) >= 11 is 0. The molecule has 3 rings (SSSR count). The quantitative estimate of drug-likeness (QED) is 0.721. The number of benzene rings is 2. The van der Waals surface area contributed by atoms with Crippen LogP contribution in [0.15, 0.2) is 53.1 Å². The van der Waals surface area contributed by atoms with Crippen molar-refractivity contribution in [1.29, 1.82) is 0 Å². The van der Waals surface area contributed by atoms with Gasteiger partial charge < -0.3 is 14.9 Å². The van der Waals surface area contributed by atoms with Crippen LogP contribution in [-0.4, -0.2) is 27.7 Å². The Morgan fingerprint density at radius 3 is 2.36 bits per heavy atom. The zero-order chi connectivity index (χ0) is 17.6. The lowest BCUT2D eigenvalue weighted by molar-refractivity contribution is 0.0954. The normalized spacial score (nSPS) is 10.6. The number of carbonyl (C=O) groups is 1. The van der Waals surface area contributed by atoms with Gasteiger partial charge in [-0.3, -0.25) is 4.79 Å². The fourth-order valence-corrected chi connectivity index (χ4v) is 2.41. The highest BCUT2D eigenvalue weighted by atomic mass is 16.5. The summed E-state index contributed by atoms with van der Waals surface area (Å²) in [5.74, 6) is 0.889. The smallest absolute Gasteiger partial charge is 0.257 e. The Hall–Kier alpha value is -2.99. The fraction of sp³-hybridized carbons (Fsp3) is 0.211. The molecular formula is C19H19N3O3. The van der Waals surface area contributed by atoms with Crippen LogP contribution >= 0.6 is 0 Å². The first-order chi connectivity index (χ1) is 12.2. The fourth-order valence-electron chi connectivity index (χ4n) is 2.41. The lowest BCUT2D eigenvalue weighted by Gasteiger charge is -2.06. The number of nitrogens with one attached hydrogen (secondary N) is 1. The monoisotopic (exact) mass is 337 g/mol. The molecule has 0 aliphatic heterocycles. The summed E-state index contributed by atoms with van der Waals surface area (Å²) in [6.45, 7) is 2.34. The van der Waals surface area contributed by atoms with Gasteiger partial charge in [-0.15, -0.1) is 0 Å². The van der Waals surface area contributed by atoms with Gasteiger partial charge in [-0.05, 0) is 48.7 Å². The number of aryl methyl sites for hydroxylation is 1. The average Bonchev–Trinajstić information content (AvgIpc) is 3.09. The average molecular weight is 337 g/mol. The molecule has 3 aromatic rings. The van der Waals surface area contributed by atoms with Crippen molar-refractivity contribution >= 4 is 5.91 Å². The molecule has 1 heterocycles. The first-order valence-corrected chi connectivity index (χ1v) is 8.03. The summed E-state index contributed by atoms with van der Waals surface area (Å²) < 4.78 is 5.10. The van der Waals surface area contributed by atoms with E-state index in [0.717, 1.165) is 23.1 Å². The van der Waals surface area contributed by atoms with Gasteiger partial charge in [0.25, 0.3) is 11.8 Å². The van der Waals surface area contributed by atoms with Crippen molar-refractivity contribution in [1.82, 2.24) is 15.5 Å². The molecule has 0 aliphatic rings. The van der Waals surface area contributed by atoms with Crippen LogP contribution in [0.1, 0.15) is 27.3 Å². The van der Waals surface area contributed by atoms with Crippen LogP contribution in [0.4, 0.5) is 0 Å². The van der Waals surface area contributed by atoms with Crippen molar-refractivity contribution < 1.29 is 14.4 Å². The van der Waals surface area contributed by atoms with E-state index >= 15 is 0 Å². The van der Waals surface area contributed by atoms with Crippen LogP contribution in [0, 0.1) is 6.92 Å². The zero-order valence-corrected chi connectivity index (χ0v) is 13.9. The Labute approximate surface area is 145 Å². The van der Waals surface area contributed by atoms with Gasteiger partial charge in [0.05, 0.1) is 6.61 Å². The van der Waals surface area contributed by atoms with Gasteiger partial charge >= 0.3 is 0 Å². The van der Waals surface area contributed by atoms with E-state index in [1.165, 1.54) is 0 Å². The predicted molar refractivity (Wildman–Crippen MR) is 92.9 cm³/mol. The standard InChI is InChI=1S/C19H19N3O3/c1-13-21-19(25-22-13)17-8-6-16(7-9-17)18(24)20-11-10-14-2-4-15(12-23)5-3-14/h2-9,23H,10-12H2,1H3,(H,20,24). The molecule has 0 aliphatic carbocycles. The molecule has 0 saturated carbocycles. The molecule has 2 aromatic carbocycles. The Morgan fingerprint density at radius 1 is 1.08 bits per heavy atom. The topological polar surface area (TPSA) is 88.2 Å².